The first-order valence-electron chi connectivity index (χ1n) is 6.06. The van der Waals surface area contributed by atoms with E-state index in [1.54, 1.807) is 12.1 Å². The van der Waals surface area contributed by atoms with Crippen molar-refractivity contribution in [2.24, 2.45) is 5.73 Å². The molecule has 2 rings (SSSR count). The molecule has 2 aromatic rings. The number of hydrogen-bond acceptors (Lipinski definition) is 3. The van der Waals surface area contributed by atoms with Gasteiger partial charge in [-0.2, -0.15) is 0 Å². The third-order valence-corrected chi connectivity index (χ3v) is 2.96. The molecule has 0 aliphatic carbocycles. The first-order valence-corrected chi connectivity index (χ1v) is 6.44. The quantitative estimate of drug-likeness (QED) is 0.889. The lowest BCUT2D eigenvalue weighted by atomic mass is 10.1. The number of aliphatic hydroxyl groups is 1. The van der Waals surface area contributed by atoms with E-state index >= 15 is 0 Å². The van der Waals surface area contributed by atoms with E-state index < -0.39 is 0 Å². The molecule has 3 N–H and O–H groups in total. The SMILES string of the molecule is Cl.NC(CO)Cc1ccc(Oc2ccc(Cl)cc2)cc1. The van der Waals surface area contributed by atoms with Crippen LogP contribution in [0, 0.1) is 0 Å². The van der Waals surface area contributed by atoms with Crippen molar-refractivity contribution in [3.63, 3.8) is 0 Å². The Labute approximate surface area is 129 Å². The molecule has 1 unspecified atom stereocenters. The molecule has 2 aromatic carbocycles. The Morgan fingerprint density at radius 2 is 1.50 bits per heavy atom. The van der Waals surface area contributed by atoms with Gasteiger partial charge in [0.25, 0.3) is 0 Å². The van der Waals surface area contributed by atoms with Crippen LogP contribution < -0.4 is 10.5 Å². The van der Waals surface area contributed by atoms with Crippen molar-refractivity contribution in [3.8, 4) is 11.5 Å². The molecule has 0 amide bonds. The highest BCUT2D eigenvalue weighted by Gasteiger charge is 2.03. The van der Waals surface area contributed by atoms with Crippen LogP contribution in [0.3, 0.4) is 0 Å². The van der Waals surface area contributed by atoms with Crippen LogP contribution >= 0.6 is 24.0 Å². The van der Waals surface area contributed by atoms with Crippen LogP contribution in [0.1, 0.15) is 5.56 Å². The molecule has 0 radical (unpaired) electrons. The summed E-state index contributed by atoms with van der Waals surface area (Å²) in [6, 6.07) is 14.6. The lowest BCUT2D eigenvalue weighted by Gasteiger charge is -2.09. The van der Waals surface area contributed by atoms with Crippen LogP contribution in [0.4, 0.5) is 0 Å². The van der Waals surface area contributed by atoms with Crippen LogP contribution in [0.25, 0.3) is 0 Å². The van der Waals surface area contributed by atoms with Crippen molar-refractivity contribution in [3.05, 3.63) is 59.1 Å². The Morgan fingerprint density at radius 1 is 1.00 bits per heavy atom. The van der Waals surface area contributed by atoms with Crippen molar-refractivity contribution < 1.29 is 9.84 Å². The molecule has 108 valence electrons. The van der Waals surface area contributed by atoms with E-state index in [9.17, 15) is 0 Å². The van der Waals surface area contributed by atoms with E-state index in [0.717, 1.165) is 17.1 Å². The second kappa shape index (κ2) is 8.12. The summed E-state index contributed by atoms with van der Waals surface area (Å²) in [6.07, 6.45) is 0.651. The molecule has 0 bridgehead atoms. The average molecular weight is 314 g/mol. The van der Waals surface area contributed by atoms with E-state index in [-0.39, 0.29) is 25.1 Å². The third kappa shape index (κ3) is 5.02. The van der Waals surface area contributed by atoms with Gasteiger partial charge in [-0.05, 0) is 48.4 Å². The van der Waals surface area contributed by atoms with E-state index in [0.29, 0.717) is 11.4 Å². The number of halogens is 2. The summed E-state index contributed by atoms with van der Waals surface area (Å²) >= 11 is 5.81. The molecule has 3 nitrogen and oxygen atoms in total. The molecule has 0 aliphatic rings. The zero-order chi connectivity index (χ0) is 13.7. The van der Waals surface area contributed by atoms with Gasteiger partial charge < -0.3 is 15.6 Å². The van der Waals surface area contributed by atoms with Gasteiger partial charge in [0.15, 0.2) is 0 Å². The highest BCUT2D eigenvalue weighted by atomic mass is 35.5. The number of nitrogens with two attached hydrogens (primary N) is 1. The normalized spacial score (nSPS) is 11.6. The lowest BCUT2D eigenvalue weighted by Crippen LogP contribution is -2.26. The maximum Gasteiger partial charge on any atom is 0.127 e. The first kappa shape index (κ1) is 16.8. The topological polar surface area (TPSA) is 55.5 Å². The smallest absolute Gasteiger partial charge is 0.127 e. The fraction of sp³-hybridized carbons (Fsp3) is 0.200. The van der Waals surface area contributed by atoms with Crippen molar-refractivity contribution in [2.45, 2.75) is 12.5 Å². The van der Waals surface area contributed by atoms with E-state index in [4.69, 9.17) is 27.2 Å². The molecule has 0 saturated heterocycles. The number of aliphatic hydroxyl groups excluding tert-OH is 1. The molecule has 1 atom stereocenters. The van der Waals surface area contributed by atoms with Gasteiger partial charge in [-0.1, -0.05) is 23.7 Å². The minimum absolute atomic E-state index is 0. The Hall–Kier alpha value is -1.26. The highest BCUT2D eigenvalue weighted by Crippen LogP contribution is 2.23. The van der Waals surface area contributed by atoms with Crippen molar-refractivity contribution in [2.75, 3.05) is 6.61 Å². The van der Waals surface area contributed by atoms with Crippen molar-refractivity contribution in [1.82, 2.24) is 0 Å². The van der Waals surface area contributed by atoms with Crippen molar-refractivity contribution in [1.29, 1.82) is 0 Å². The van der Waals surface area contributed by atoms with Gasteiger partial charge in [0.2, 0.25) is 0 Å². The second-order valence-electron chi connectivity index (χ2n) is 4.35. The highest BCUT2D eigenvalue weighted by molar-refractivity contribution is 6.30. The van der Waals surface area contributed by atoms with Crippen LogP contribution in [0.15, 0.2) is 48.5 Å². The molecule has 20 heavy (non-hydrogen) atoms. The predicted molar refractivity (Wildman–Crippen MR) is 84.0 cm³/mol. The summed E-state index contributed by atoms with van der Waals surface area (Å²) in [7, 11) is 0. The summed E-state index contributed by atoms with van der Waals surface area (Å²) in [5.41, 5.74) is 6.76. The van der Waals surface area contributed by atoms with Gasteiger partial charge in [-0.25, -0.2) is 0 Å². The maximum absolute atomic E-state index is 8.91. The maximum atomic E-state index is 8.91. The number of rotatable bonds is 5. The zero-order valence-corrected chi connectivity index (χ0v) is 12.4. The molecular formula is C15H17Cl2NO2. The summed E-state index contributed by atoms with van der Waals surface area (Å²) in [4.78, 5) is 0. The Kier molecular flexibility index (Phi) is 6.82. The fourth-order valence-electron chi connectivity index (χ4n) is 1.70. The fourth-order valence-corrected chi connectivity index (χ4v) is 1.83. The molecule has 0 heterocycles. The van der Waals surface area contributed by atoms with Gasteiger partial charge in [-0.15, -0.1) is 12.4 Å². The molecular weight excluding hydrogens is 297 g/mol. The summed E-state index contributed by atoms with van der Waals surface area (Å²) in [6.45, 7) is -0.0109. The minimum Gasteiger partial charge on any atom is -0.457 e. The molecule has 0 spiro atoms. The lowest BCUT2D eigenvalue weighted by molar-refractivity contribution is 0.265. The summed E-state index contributed by atoms with van der Waals surface area (Å²) < 4.78 is 5.68. The second-order valence-corrected chi connectivity index (χ2v) is 4.78. The van der Waals surface area contributed by atoms with Gasteiger partial charge in [0.05, 0.1) is 6.61 Å². The molecule has 0 aromatic heterocycles. The number of benzene rings is 2. The Balaban J connectivity index is 0.00000200. The van der Waals surface area contributed by atoms with Crippen LogP contribution in [0.2, 0.25) is 5.02 Å². The minimum atomic E-state index is -0.219. The molecule has 0 aliphatic heterocycles. The zero-order valence-electron chi connectivity index (χ0n) is 10.8. The van der Waals surface area contributed by atoms with Crippen LogP contribution in [0.5, 0.6) is 11.5 Å². The Morgan fingerprint density at radius 3 is 2.00 bits per heavy atom. The van der Waals surface area contributed by atoms with Crippen LogP contribution in [-0.2, 0) is 6.42 Å². The molecule has 0 fully saturated rings. The summed E-state index contributed by atoms with van der Waals surface area (Å²) in [5, 5.41) is 9.59. The van der Waals surface area contributed by atoms with Gasteiger partial charge in [0.1, 0.15) is 11.5 Å². The van der Waals surface area contributed by atoms with Gasteiger partial charge in [-0.3, -0.25) is 0 Å². The largest absolute Gasteiger partial charge is 0.457 e. The predicted octanol–water partition coefficient (Wildman–Crippen LogP) is 3.42. The molecule has 5 heteroatoms. The van der Waals surface area contributed by atoms with Gasteiger partial charge >= 0.3 is 0 Å². The van der Waals surface area contributed by atoms with Gasteiger partial charge in [0, 0.05) is 11.1 Å². The number of ether oxygens (including phenoxy) is 1. The monoisotopic (exact) mass is 313 g/mol. The third-order valence-electron chi connectivity index (χ3n) is 2.71. The first-order chi connectivity index (χ1) is 9.17. The standard InChI is InChI=1S/C15H16ClNO2.ClH/c16-12-3-7-15(8-4-12)19-14-5-1-11(2-6-14)9-13(17)10-18;/h1-8,13,18H,9-10,17H2;1H. The Bertz CT molecular complexity index is 514. The van der Waals surface area contributed by atoms with E-state index in [1.807, 2.05) is 36.4 Å². The summed E-state index contributed by atoms with van der Waals surface area (Å²) in [5.74, 6) is 1.49. The average Bonchev–Trinajstić information content (AvgIpc) is 2.43. The van der Waals surface area contributed by atoms with Crippen molar-refractivity contribution >= 4 is 24.0 Å². The van der Waals surface area contributed by atoms with E-state index in [2.05, 4.69) is 0 Å². The van der Waals surface area contributed by atoms with Crippen LogP contribution in [-0.4, -0.2) is 17.8 Å². The molecule has 0 saturated carbocycles. The number of hydrogen-bond donors (Lipinski definition) is 2. The van der Waals surface area contributed by atoms with E-state index in [1.165, 1.54) is 0 Å².